The second-order valence-corrected chi connectivity index (χ2v) is 12.9. The Morgan fingerprint density at radius 3 is 2.00 bits per heavy atom. The van der Waals surface area contributed by atoms with Gasteiger partial charge in [0.1, 0.15) is 0 Å². The van der Waals surface area contributed by atoms with Crippen LogP contribution in [0.4, 0.5) is 0 Å². The highest BCUT2D eigenvalue weighted by Crippen LogP contribution is 2.40. The normalized spacial score (nSPS) is 19.8. The highest BCUT2D eigenvalue weighted by Gasteiger charge is 2.51. The van der Waals surface area contributed by atoms with E-state index in [1.165, 1.54) is 21.5 Å². The Morgan fingerprint density at radius 1 is 1.00 bits per heavy atom. The summed E-state index contributed by atoms with van der Waals surface area (Å²) in [7, 11) is -2.58. The van der Waals surface area contributed by atoms with Gasteiger partial charge in [0, 0.05) is 0 Å². The number of rotatable bonds is 5. The average molecular weight is 393 g/mol. The third-order valence-corrected chi connectivity index (χ3v) is 10.8. The van der Waals surface area contributed by atoms with Crippen LogP contribution in [-0.4, -0.2) is 26.1 Å². The summed E-state index contributed by atoms with van der Waals surface area (Å²) in [6.07, 6.45) is 4.64. The second kappa shape index (κ2) is 8.60. The van der Waals surface area contributed by atoms with Crippen LogP contribution < -0.4 is 10.4 Å². The minimum atomic E-state index is -2.58. The van der Waals surface area contributed by atoms with E-state index in [9.17, 15) is 5.11 Å². The molecule has 0 aromatic heterocycles. The molecule has 1 atom stereocenters. The first kappa shape index (κ1) is 20.8. The molecule has 2 nitrogen and oxygen atoms in total. The molecule has 0 saturated heterocycles. The summed E-state index contributed by atoms with van der Waals surface area (Å²) in [4.78, 5) is 0. The van der Waals surface area contributed by atoms with E-state index in [0.29, 0.717) is 0 Å². The van der Waals surface area contributed by atoms with Gasteiger partial charge in [0.2, 0.25) is 0 Å². The topological polar surface area (TPSA) is 29.5 Å². The quantitative estimate of drug-likeness (QED) is 0.596. The summed E-state index contributed by atoms with van der Waals surface area (Å²) in [6.45, 7) is 11.3. The van der Waals surface area contributed by atoms with Crippen LogP contribution >= 0.6 is 0 Å². The maximum atomic E-state index is 9.36. The number of aliphatic hydroxyl groups is 1. The molecule has 3 rings (SSSR count). The number of hydrogen-bond acceptors (Lipinski definition) is 2. The van der Waals surface area contributed by atoms with Crippen molar-refractivity contribution in [2.45, 2.75) is 51.2 Å². The third kappa shape index (κ3) is 4.07. The summed E-state index contributed by atoms with van der Waals surface area (Å²) in [5.41, 5.74) is 2.45. The van der Waals surface area contributed by atoms with E-state index in [1.54, 1.807) is 0 Å². The molecule has 0 aliphatic heterocycles. The zero-order valence-electron chi connectivity index (χ0n) is 17.3. The molecule has 2 aromatic carbocycles. The van der Waals surface area contributed by atoms with Gasteiger partial charge in [-0.3, -0.25) is 0 Å². The Balaban J connectivity index is 2.13. The molecular weight excluding hydrogens is 360 g/mol. The van der Waals surface area contributed by atoms with Gasteiger partial charge in [0.25, 0.3) is 8.32 Å². The first-order valence-corrected chi connectivity index (χ1v) is 12.0. The Kier molecular flexibility index (Phi) is 6.39. The van der Waals surface area contributed by atoms with Gasteiger partial charge in [-0.05, 0) is 40.2 Å². The fraction of sp³-hybridized carbons (Fsp3) is 0.360. The summed E-state index contributed by atoms with van der Waals surface area (Å²) < 4.78 is 7.22. The fourth-order valence-electron chi connectivity index (χ4n) is 4.31. The van der Waals surface area contributed by atoms with Gasteiger partial charge in [-0.1, -0.05) is 99.7 Å². The highest BCUT2D eigenvalue weighted by atomic mass is 28.4. The molecule has 1 N–H and O–H groups in total. The standard InChI is InChI=1S/C25H32O2Si/c1-20-15-16-21(17-18-26)19-24(20)27-28(25(2,3)4,22-11-7-5-8-12-22)23-13-9-6-10-14-23/h5-14,17,24,26H,1,15-16,18-19H2,2-4H3/b21-17-/t24-/m1/s1. The highest BCUT2D eigenvalue weighted by molar-refractivity contribution is 6.99. The van der Waals surface area contributed by atoms with Crippen molar-refractivity contribution in [3.05, 3.63) is 84.5 Å². The van der Waals surface area contributed by atoms with Crippen molar-refractivity contribution in [3.63, 3.8) is 0 Å². The molecule has 1 saturated carbocycles. The lowest BCUT2D eigenvalue weighted by Crippen LogP contribution is -2.68. The van der Waals surface area contributed by atoms with E-state index >= 15 is 0 Å². The van der Waals surface area contributed by atoms with Crippen molar-refractivity contribution >= 4 is 18.7 Å². The largest absolute Gasteiger partial charge is 0.400 e. The minimum Gasteiger partial charge on any atom is -0.400 e. The number of aliphatic hydroxyl groups excluding tert-OH is 1. The summed E-state index contributed by atoms with van der Waals surface area (Å²) >= 11 is 0. The zero-order chi connectivity index (χ0) is 20.2. The van der Waals surface area contributed by atoms with Crippen LogP contribution in [0.25, 0.3) is 0 Å². The van der Waals surface area contributed by atoms with Crippen molar-refractivity contribution in [2.75, 3.05) is 6.61 Å². The van der Waals surface area contributed by atoms with Gasteiger partial charge in [0.05, 0.1) is 12.7 Å². The Morgan fingerprint density at radius 2 is 1.54 bits per heavy atom. The second-order valence-electron chi connectivity index (χ2n) is 8.68. The van der Waals surface area contributed by atoms with Gasteiger partial charge >= 0.3 is 0 Å². The van der Waals surface area contributed by atoms with Gasteiger partial charge in [-0.2, -0.15) is 0 Å². The molecule has 28 heavy (non-hydrogen) atoms. The zero-order valence-corrected chi connectivity index (χ0v) is 18.3. The maximum Gasteiger partial charge on any atom is 0.261 e. The van der Waals surface area contributed by atoms with Crippen LogP contribution in [0.3, 0.4) is 0 Å². The van der Waals surface area contributed by atoms with Crippen molar-refractivity contribution in [1.82, 2.24) is 0 Å². The SMILES string of the molecule is C=C1CC/C(=C/CO)C[C@H]1O[Si](c1ccccc1)(c1ccccc1)C(C)(C)C. The van der Waals surface area contributed by atoms with Crippen LogP contribution in [0, 0.1) is 0 Å². The average Bonchev–Trinajstić information content (AvgIpc) is 2.69. The molecule has 3 heteroatoms. The van der Waals surface area contributed by atoms with Crippen LogP contribution in [0.1, 0.15) is 40.0 Å². The summed E-state index contributed by atoms with van der Waals surface area (Å²) in [5.74, 6) is 0. The van der Waals surface area contributed by atoms with Crippen molar-refractivity contribution in [2.24, 2.45) is 0 Å². The van der Waals surface area contributed by atoms with Crippen molar-refractivity contribution in [1.29, 1.82) is 0 Å². The fourth-order valence-corrected chi connectivity index (χ4v) is 9.00. The van der Waals surface area contributed by atoms with E-state index in [-0.39, 0.29) is 17.7 Å². The van der Waals surface area contributed by atoms with Gasteiger partial charge < -0.3 is 9.53 Å². The van der Waals surface area contributed by atoms with Crippen LogP contribution in [0.5, 0.6) is 0 Å². The minimum absolute atomic E-state index is 0.0159. The van der Waals surface area contributed by atoms with Crippen LogP contribution in [-0.2, 0) is 4.43 Å². The lowest BCUT2D eigenvalue weighted by molar-refractivity contribution is 0.208. The predicted molar refractivity (Wildman–Crippen MR) is 121 cm³/mol. The van der Waals surface area contributed by atoms with Crippen LogP contribution in [0.2, 0.25) is 5.04 Å². The van der Waals surface area contributed by atoms with Gasteiger partial charge in [-0.15, -0.1) is 0 Å². The maximum absolute atomic E-state index is 9.36. The van der Waals surface area contributed by atoms with E-state index in [2.05, 4.69) is 88.0 Å². The number of benzene rings is 2. The molecule has 1 fully saturated rings. The molecule has 1 aliphatic rings. The number of hydrogen-bond donors (Lipinski definition) is 1. The van der Waals surface area contributed by atoms with Crippen molar-refractivity contribution in [3.8, 4) is 0 Å². The summed E-state index contributed by atoms with van der Waals surface area (Å²) in [6, 6.07) is 21.5. The molecule has 2 aromatic rings. The van der Waals surface area contributed by atoms with Gasteiger partial charge in [0.15, 0.2) is 0 Å². The molecule has 0 spiro atoms. The van der Waals surface area contributed by atoms with E-state index < -0.39 is 8.32 Å². The van der Waals surface area contributed by atoms with Gasteiger partial charge in [-0.25, -0.2) is 0 Å². The lowest BCUT2D eigenvalue weighted by atomic mass is 9.89. The van der Waals surface area contributed by atoms with Crippen molar-refractivity contribution < 1.29 is 9.53 Å². The molecule has 0 bridgehead atoms. The molecular formula is C25H32O2Si. The predicted octanol–water partition coefficient (Wildman–Crippen LogP) is 4.59. The molecule has 0 heterocycles. The first-order valence-electron chi connectivity index (χ1n) is 10.1. The van der Waals surface area contributed by atoms with E-state index in [1.807, 2.05) is 6.08 Å². The third-order valence-electron chi connectivity index (χ3n) is 5.79. The van der Waals surface area contributed by atoms with E-state index in [0.717, 1.165) is 19.3 Å². The molecule has 0 radical (unpaired) electrons. The summed E-state index contributed by atoms with van der Waals surface area (Å²) in [5, 5.41) is 11.9. The molecule has 0 unspecified atom stereocenters. The van der Waals surface area contributed by atoms with E-state index in [4.69, 9.17) is 4.43 Å². The molecule has 0 amide bonds. The molecule has 1 aliphatic carbocycles. The Hall–Kier alpha value is -1.94. The lowest BCUT2D eigenvalue weighted by Gasteiger charge is -2.46. The van der Waals surface area contributed by atoms with Crippen LogP contribution in [0.15, 0.2) is 84.5 Å². The monoisotopic (exact) mass is 392 g/mol. The Bertz CT molecular complexity index is 779. The molecule has 148 valence electrons. The smallest absolute Gasteiger partial charge is 0.261 e. The Labute approximate surface area is 170 Å². The first-order chi connectivity index (χ1) is 13.4.